The van der Waals surface area contributed by atoms with E-state index in [1.165, 1.54) is 75.8 Å². The summed E-state index contributed by atoms with van der Waals surface area (Å²) < 4.78 is 4.96. The number of para-hydroxylation sites is 4. The molecule has 0 radical (unpaired) electrons. The topological polar surface area (TPSA) is 25.0 Å². The summed E-state index contributed by atoms with van der Waals surface area (Å²) in [5.74, 6) is 0. The van der Waals surface area contributed by atoms with Gasteiger partial charge in [0, 0.05) is 54.5 Å². The lowest BCUT2D eigenvalue weighted by Gasteiger charge is -2.26. The maximum Gasteiger partial charge on any atom is 0.146 e. The third-order valence-corrected chi connectivity index (χ3v) is 11.7. The van der Waals surface area contributed by atoms with Crippen LogP contribution in [0, 0.1) is 0 Å². The van der Waals surface area contributed by atoms with Gasteiger partial charge in [0.2, 0.25) is 0 Å². The molecule has 8 aromatic carbocycles. The second-order valence-electron chi connectivity index (χ2n) is 14.3. The van der Waals surface area contributed by atoms with Crippen LogP contribution >= 0.6 is 0 Å². The summed E-state index contributed by atoms with van der Waals surface area (Å²) in [6, 6.07) is 61.9. The molecular formula is C49H28N4. The fourth-order valence-electron chi connectivity index (χ4n) is 9.59. The van der Waals surface area contributed by atoms with E-state index < -0.39 is 0 Å². The third kappa shape index (κ3) is 3.39. The molecule has 0 aliphatic rings. The number of anilines is 3. The molecule has 0 atom stereocenters. The first-order valence-corrected chi connectivity index (χ1v) is 18.2. The highest BCUT2D eigenvalue weighted by atomic mass is 15.2. The number of hydrogen-bond acceptors (Lipinski definition) is 2. The first-order valence-electron chi connectivity index (χ1n) is 18.2. The Morgan fingerprint density at radius 2 is 1.00 bits per heavy atom. The van der Waals surface area contributed by atoms with Gasteiger partial charge >= 0.3 is 0 Å². The Kier molecular flexibility index (Phi) is 5.08. The van der Waals surface area contributed by atoms with Gasteiger partial charge in [0.25, 0.3) is 0 Å². The predicted molar refractivity (Wildman–Crippen MR) is 223 cm³/mol. The molecule has 244 valence electrons. The van der Waals surface area contributed by atoms with E-state index in [2.05, 4.69) is 184 Å². The molecule has 4 nitrogen and oxygen atoms in total. The van der Waals surface area contributed by atoms with Gasteiger partial charge in [-0.3, -0.25) is 4.40 Å². The highest BCUT2D eigenvalue weighted by Crippen LogP contribution is 2.49. The molecule has 0 bridgehead atoms. The summed E-state index contributed by atoms with van der Waals surface area (Å²) >= 11 is 0. The molecule has 0 saturated carbocycles. The molecule has 0 saturated heterocycles. The van der Waals surface area contributed by atoms with Crippen molar-refractivity contribution in [2.24, 2.45) is 0 Å². The summed E-state index contributed by atoms with van der Waals surface area (Å²) in [4.78, 5) is 8.15. The van der Waals surface area contributed by atoms with Crippen LogP contribution in [-0.4, -0.2) is 13.8 Å². The van der Waals surface area contributed by atoms with Gasteiger partial charge in [-0.2, -0.15) is 0 Å². The van der Waals surface area contributed by atoms with Gasteiger partial charge in [-0.05, 0) is 58.6 Å². The molecule has 4 heteroatoms. The molecule has 0 spiro atoms. The van der Waals surface area contributed by atoms with Crippen molar-refractivity contribution in [1.29, 1.82) is 0 Å². The van der Waals surface area contributed by atoms with Crippen molar-refractivity contribution in [2.45, 2.75) is 0 Å². The summed E-state index contributed by atoms with van der Waals surface area (Å²) in [6.07, 6.45) is 0. The van der Waals surface area contributed by atoms with Crippen molar-refractivity contribution < 1.29 is 0 Å². The standard InChI is InChI=1S/C49H28N4/c1-3-15-31(16-4-1)51(32-17-5-2-6-18-32)41-24-12-22-37-43-33-19-9-8-14-30(33)27-39-40-28-42-44(50-49(40)53(47(37)41)48(39)43)38-23-11-21-35-36-26-25-29-13-7-10-20-34(29)45(36)52(42)46(35)38/h1-28H. The number of benzene rings is 8. The lowest BCUT2D eigenvalue weighted by atomic mass is 10.00. The van der Waals surface area contributed by atoms with Crippen molar-refractivity contribution >= 4 is 115 Å². The molecule has 53 heavy (non-hydrogen) atoms. The van der Waals surface area contributed by atoms with E-state index in [0.29, 0.717) is 0 Å². The van der Waals surface area contributed by atoms with Crippen LogP contribution in [0.4, 0.5) is 17.1 Å². The van der Waals surface area contributed by atoms with Crippen LogP contribution in [0.1, 0.15) is 0 Å². The minimum absolute atomic E-state index is 0.986. The number of nitrogens with zero attached hydrogens (tertiary/aromatic N) is 4. The number of rotatable bonds is 3. The van der Waals surface area contributed by atoms with Crippen LogP contribution in [-0.2, 0) is 0 Å². The van der Waals surface area contributed by atoms with Crippen molar-refractivity contribution in [2.75, 3.05) is 4.90 Å². The van der Waals surface area contributed by atoms with E-state index in [9.17, 15) is 0 Å². The molecule has 0 N–H and O–H groups in total. The lowest BCUT2D eigenvalue weighted by molar-refractivity contribution is 1.25. The fraction of sp³-hybridized carbons (Fsp3) is 0. The molecule has 5 heterocycles. The van der Waals surface area contributed by atoms with Gasteiger partial charge in [-0.15, -0.1) is 0 Å². The SMILES string of the molecule is c1ccc(N(c2ccccc2)c2cccc3c4c5ccccc5cc5c6cc7c(nc6n(c23)c54)c2cccc3c4ccc5ccccc5c4n7c32)cc1. The normalized spacial score (nSPS) is 12.5. The first-order chi connectivity index (χ1) is 26.3. The van der Waals surface area contributed by atoms with Gasteiger partial charge in [0.15, 0.2) is 0 Å². The smallest absolute Gasteiger partial charge is 0.146 e. The number of fused-ring (bicyclic) bond motifs is 16. The highest BCUT2D eigenvalue weighted by molar-refractivity contribution is 6.34. The molecule has 0 aliphatic carbocycles. The number of hydrogen-bond donors (Lipinski definition) is 0. The van der Waals surface area contributed by atoms with Crippen LogP contribution < -0.4 is 4.90 Å². The van der Waals surface area contributed by atoms with Crippen LogP contribution in [0.15, 0.2) is 170 Å². The van der Waals surface area contributed by atoms with Crippen molar-refractivity contribution in [3.8, 4) is 0 Å². The monoisotopic (exact) mass is 672 g/mol. The Bertz CT molecular complexity index is 3580. The Hall–Kier alpha value is -7.17. The predicted octanol–water partition coefficient (Wildman–Crippen LogP) is 13.2. The number of aromatic nitrogens is 3. The fourth-order valence-corrected chi connectivity index (χ4v) is 9.59. The van der Waals surface area contributed by atoms with E-state index in [4.69, 9.17) is 4.98 Å². The van der Waals surface area contributed by atoms with E-state index in [1.54, 1.807) is 0 Å². The zero-order valence-corrected chi connectivity index (χ0v) is 28.5. The molecule has 0 aliphatic heterocycles. The number of pyridine rings is 1. The van der Waals surface area contributed by atoms with E-state index in [-0.39, 0.29) is 0 Å². The molecule has 0 fully saturated rings. The molecule has 5 aromatic heterocycles. The zero-order valence-electron chi connectivity index (χ0n) is 28.5. The van der Waals surface area contributed by atoms with Gasteiger partial charge in [-0.1, -0.05) is 127 Å². The largest absolute Gasteiger partial charge is 0.308 e. The average Bonchev–Trinajstić information content (AvgIpc) is 3.94. The van der Waals surface area contributed by atoms with Gasteiger partial charge < -0.3 is 9.30 Å². The van der Waals surface area contributed by atoms with Gasteiger partial charge in [0.1, 0.15) is 5.65 Å². The maximum atomic E-state index is 5.76. The minimum Gasteiger partial charge on any atom is -0.308 e. The van der Waals surface area contributed by atoms with Crippen molar-refractivity contribution in [3.05, 3.63) is 170 Å². The summed E-state index contributed by atoms with van der Waals surface area (Å²) in [5, 5.41) is 13.6. The van der Waals surface area contributed by atoms with E-state index in [0.717, 1.165) is 39.3 Å². The molecular weight excluding hydrogens is 645 g/mol. The quantitative estimate of drug-likeness (QED) is 0.187. The van der Waals surface area contributed by atoms with E-state index in [1.807, 2.05) is 0 Å². The maximum absolute atomic E-state index is 5.76. The van der Waals surface area contributed by atoms with Crippen LogP contribution in [0.3, 0.4) is 0 Å². The molecule has 13 aromatic rings. The second kappa shape index (κ2) is 9.78. The zero-order chi connectivity index (χ0) is 34.4. The Balaban J connectivity index is 1.26. The van der Waals surface area contributed by atoms with Gasteiger partial charge in [-0.25, -0.2) is 4.98 Å². The van der Waals surface area contributed by atoms with E-state index >= 15 is 0 Å². The first kappa shape index (κ1) is 27.5. The minimum atomic E-state index is 0.986. The van der Waals surface area contributed by atoms with Crippen LogP contribution in [0.25, 0.3) is 98.0 Å². The summed E-state index contributed by atoms with van der Waals surface area (Å²) in [7, 11) is 0. The second-order valence-corrected chi connectivity index (χ2v) is 14.3. The third-order valence-electron chi connectivity index (χ3n) is 11.7. The Morgan fingerprint density at radius 1 is 0.377 bits per heavy atom. The molecule has 0 amide bonds. The summed E-state index contributed by atoms with van der Waals surface area (Å²) in [6.45, 7) is 0. The highest BCUT2D eigenvalue weighted by Gasteiger charge is 2.27. The van der Waals surface area contributed by atoms with Crippen molar-refractivity contribution in [1.82, 2.24) is 13.8 Å². The van der Waals surface area contributed by atoms with Crippen molar-refractivity contribution in [3.63, 3.8) is 0 Å². The Morgan fingerprint density at radius 3 is 1.81 bits per heavy atom. The average molecular weight is 673 g/mol. The van der Waals surface area contributed by atoms with Crippen LogP contribution in [0.2, 0.25) is 0 Å². The van der Waals surface area contributed by atoms with Gasteiger partial charge in [0.05, 0.1) is 38.8 Å². The Labute approximate surface area is 302 Å². The summed E-state index contributed by atoms with van der Waals surface area (Å²) in [5.41, 5.74) is 11.4. The van der Waals surface area contributed by atoms with Crippen LogP contribution in [0.5, 0.6) is 0 Å². The lowest BCUT2D eigenvalue weighted by Crippen LogP contribution is -2.10. The molecule has 0 unspecified atom stereocenters. The molecule has 13 rings (SSSR count).